The highest BCUT2D eigenvalue weighted by Crippen LogP contribution is 2.42. The summed E-state index contributed by atoms with van der Waals surface area (Å²) in [5, 5.41) is 13.4. The summed E-state index contributed by atoms with van der Waals surface area (Å²) in [6, 6.07) is 15.4. The second-order valence-corrected chi connectivity index (χ2v) is 9.29. The minimum Gasteiger partial charge on any atom is -0.493 e. The molecule has 3 aromatic carbocycles. The van der Waals surface area contributed by atoms with Crippen LogP contribution in [0.5, 0.6) is 17.2 Å². The third kappa shape index (κ3) is 5.64. The number of aromatic amines is 1. The number of rotatable bonds is 9. The molecule has 4 aromatic rings. The number of amides is 1. The molecule has 0 radical (unpaired) electrons. The summed E-state index contributed by atoms with van der Waals surface area (Å²) in [7, 11) is 3.04. The average molecular weight is 546 g/mol. The fourth-order valence-electron chi connectivity index (χ4n) is 3.49. The van der Waals surface area contributed by atoms with Gasteiger partial charge in [0, 0.05) is 27.9 Å². The maximum atomic E-state index is 12.2. The van der Waals surface area contributed by atoms with Crippen LogP contribution in [0, 0.1) is 0 Å². The summed E-state index contributed by atoms with van der Waals surface area (Å²) in [5.41, 5.74) is 2.27. The number of carboxylic acid groups (broad SMARTS) is 1. The molecular weight excluding hydrogens is 525 g/mol. The lowest BCUT2D eigenvalue weighted by molar-refractivity contribution is -0.136. The van der Waals surface area contributed by atoms with E-state index < -0.39 is 5.97 Å². The number of benzene rings is 3. The Morgan fingerprint density at radius 1 is 1.03 bits per heavy atom. The fraction of sp³-hybridized carbons (Fsp3) is 0.120. The largest absolute Gasteiger partial charge is 0.493 e. The van der Waals surface area contributed by atoms with Crippen molar-refractivity contribution < 1.29 is 24.2 Å². The zero-order chi connectivity index (χ0) is 25.8. The molecule has 1 amide bonds. The van der Waals surface area contributed by atoms with E-state index in [1.807, 2.05) is 0 Å². The van der Waals surface area contributed by atoms with E-state index in [2.05, 4.69) is 15.0 Å². The monoisotopic (exact) mass is 545 g/mol. The van der Waals surface area contributed by atoms with Gasteiger partial charge in [-0.15, -0.1) is 0 Å². The molecule has 4 N–H and O–H groups in total. The summed E-state index contributed by atoms with van der Waals surface area (Å²) in [6.07, 6.45) is -0.139. The molecule has 8 nitrogen and oxygen atoms in total. The number of aliphatic carboxylic acids is 1. The highest BCUT2D eigenvalue weighted by molar-refractivity contribution is 8.00. The van der Waals surface area contributed by atoms with Gasteiger partial charge in [0.15, 0.2) is 17.2 Å². The van der Waals surface area contributed by atoms with Crippen LogP contribution in [-0.2, 0) is 11.2 Å². The molecule has 0 aliphatic heterocycles. The predicted octanol–water partition coefficient (Wildman–Crippen LogP) is 6.38. The Morgan fingerprint density at radius 3 is 2.50 bits per heavy atom. The average Bonchev–Trinajstić information content (AvgIpc) is 3.29. The summed E-state index contributed by atoms with van der Waals surface area (Å²) in [4.78, 5) is 27.2. The lowest BCUT2D eigenvalue weighted by atomic mass is 10.1. The molecule has 4 rings (SSSR count). The number of carbonyl (C=O) groups is 2. The molecule has 0 fully saturated rings. The van der Waals surface area contributed by atoms with Crippen molar-refractivity contribution in [1.29, 1.82) is 0 Å². The molecule has 0 bridgehead atoms. The fourth-order valence-corrected chi connectivity index (χ4v) is 4.73. The predicted molar refractivity (Wildman–Crippen MR) is 142 cm³/mol. The van der Waals surface area contributed by atoms with E-state index in [0.717, 1.165) is 10.4 Å². The molecule has 1 heterocycles. The Labute approximate surface area is 221 Å². The van der Waals surface area contributed by atoms with Crippen LogP contribution in [0.15, 0.2) is 59.5 Å². The number of hydrogen-bond donors (Lipinski definition) is 4. The quantitative estimate of drug-likeness (QED) is 0.180. The van der Waals surface area contributed by atoms with E-state index in [1.165, 1.54) is 19.1 Å². The van der Waals surface area contributed by atoms with Gasteiger partial charge >= 0.3 is 5.97 Å². The van der Waals surface area contributed by atoms with Gasteiger partial charge in [-0.3, -0.25) is 9.59 Å². The summed E-state index contributed by atoms with van der Waals surface area (Å²) in [6.45, 7) is 0. The maximum Gasteiger partial charge on any atom is 0.307 e. The number of carbonyl (C=O) groups excluding carboxylic acids is 1. The van der Waals surface area contributed by atoms with Crippen LogP contribution < -0.4 is 19.5 Å². The second kappa shape index (κ2) is 11.0. The number of methoxy groups -OCH3 is 1. The van der Waals surface area contributed by atoms with Crippen molar-refractivity contribution in [1.82, 2.24) is 10.3 Å². The van der Waals surface area contributed by atoms with E-state index in [0.29, 0.717) is 49.6 Å². The Bertz CT molecular complexity index is 1460. The summed E-state index contributed by atoms with van der Waals surface area (Å²) in [5.74, 6) is 0.0226. The molecular formula is C25H21Cl2N3O5S. The number of anilines is 1. The zero-order valence-corrected chi connectivity index (χ0v) is 21.5. The van der Waals surface area contributed by atoms with Crippen molar-refractivity contribution in [3.05, 3.63) is 75.9 Å². The first kappa shape index (κ1) is 25.6. The second-order valence-electron chi connectivity index (χ2n) is 7.60. The topological polar surface area (TPSA) is 113 Å². The van der Waals surface area contributed by atoms with E-state index in [9.17, 15) is 9.59 Å². The Balaban J connectivity index is 1.75. The molecule has 11 heteroatoms. The minimum absolute atomic E-state index is 0.139. The van der Waals surface area contributed by atoms with Gasteiger partial charge in [-0.1, -0.05) is 29.3 Å². The first-order chi connectivity index (χ1) is 17.3. The van der Waals surface area contributed by atoms with Gasteiger partial charge in [-0.25, -0.2) is 0 Å². The lowest BCUT2D eigenvalue weighted by Gasteiger charge is -2.16. The van der Waals surface area contributed by atoms with Gasteiger partial charge in [0.05, 0.1) is 24.2 Å². The van der Waals surface area contributed by atoms with E-state index in [1.54, 1.807) is 61.6 Å². The van der Waals surface area contributed by atoms with Crippen LogP contribution in [0.4, 0.5) is 5.69 Å². The highest BCUT2D eigenvalue weighted by Gasteiger charge is 2.18. The molecule has 0 spiro atoms. The standard InChI is InChI=1S/C25H21Cl2N3O5S/c1-28-25(33)18-12-15-17(29-18)5-7-20(24(15)30-36-22-8-4-14(26)11-16(22)27)35-19-6-3-13(10-23(31)32)9-21(19)34-2/h3-9,11-12,29-30H,10H2,1-2H3,(H,28,33)(H,31,32). The first-order valence-electron chi connectivity index (χ1n) is 10.6. The van der Waals surface area contributed by atoms with Crippen LogP contribution in [-0.4, -0.2) is 36.1 Å². The molecule has 1 aromatic heterocycles. The van der Waals surface area contributed by atoms with Gasteiger partial charge in [0.25, 0.3) is 5.91 Å². The summed E-state index contributed by atoms with van der Waals surface area (Å²) < 4.78 is 14.9. The van der Waals surface area contributed by atoms with E-state index >= 15 is 0 Å². The van der Waals surface area contributed by atoms with Gasteiger partial charge in [0.2, 0.25) is 0 Å². The number of fused-ring (bicyclic) bond motifs is 1. The molecule has 0 saturated carbocycles. The highest BCUT2D eigenvalue weighted by atomic mass is 35.5. The number of halogens is 2. The van der Waals surface area contributed by atoms with Gasteiger partial charge < -0.3 is 29.6 Å². The summed E-state index contributed by atoms with van der Waals surface area (Å²) >= 11 is 13.6. The maximum absolute atomic E-state index is 12.2. The van der Waals surface area contributed by atoms with Crippen LogP contribution in [0.1, 0.15) is 16.1 Å². The van der Waals surface area contributed by atoms with Crippen molar-refractivity contribution in [2.24, 2.45) is 0 Å². The Morgan fingerprint density at radius 2 is 1.81 bits per heavy atom. The molecule has 0 unspecified atom stereocenters. The lowest BCUT2D eigenvalue weighted by Crippen LogP contribution is -2.17. The van der Waals surface area contributed by atoms with Gasteiger partial charge in [-0.2, -0.15) is 0 Å². The Hall–Kier alpha value is -3.53. The minimum atomic E-state index is -0.945. The third-order valence-corrected chi connectivity index (χ3v) is 6.74. The van der Waals surface area contributed by atoms with Crippen molar-refractivity contribution in [2.45, 2.75) is 11.3 Å². The normalized spacial score (nSPS) is 10.8. The van der Waals surface area contributed by atoms with E-state index in [4.69, 9.17) is 37.8 Å². The number of aromatic nitrogens is 1. The van der Waals surface area contributed by atoms with Crippen LogP contribution in [0.25, 0.3) is 10.9 Å². The van der Waals surface area contributed by atoms with Crippen molar-refractivity contribution in [3.63, 3.8) is 0 Å². The van der Waals surface area contributed by atoms with Crippen molar-refractivity contribution in [2.75, 3.05) is 18.9 Å². The molecule has 0 saturated heterocycles. The van der Waals surface area contributed by atoms with Gasteiger partial charge in [0.1, 0.15) is 5.69 Å². The Kier molecular flexibility index (Phi) is 7.83. The van der Waals surface area contributed by atoms with Crippen LogP contribution in [0.2, 0.25) is 10.0 Å². The number of carboxylic acids is 1. The first-order valence-corrected chi connectivity index (χ1v) is 12.2. The smallest absolute Gasteiger partial charge is 0.307 e. The zero-order valence-electron chi connectivity index (χ0n) is 19.1. The van der Waals surface area contributed by atoms with E-state index in [-0.39, 0.29) is 12.3 Å². The molecule has 36 heavy (non-hydrogen) atoms. The molecule has 0 aliphatic rings. The molecule has 0 aliphatic carbocycles. The van der Waals surface area contributed by atoms with Crippen molar-refractivity contribution in [3.8, 4) is 17.2 Å². The number of nitrogens with one attached hydrogen (secondary N) is 3. The number of ether oxygens (including phenoxy) is 2. The number of H-pyrrole nitrogens is 1. The number of hydrogen-bond acceptors (Lipinski definition) is 6. The van der Waals surface area contributed by atoms with Crippen LogP contribution >= 0.6 is 35.1 Å². The SMILES string of the molecule is CNC(=O)c1cc2c(NSc3ccc(Cl)cc3Cl)c(Oc3ccc(CC(=O)O)cc3OC)ccc2[nH]1. The van der Waals surface area contributed by atoms with Crippen molar-refractivity contribution >= 4 is 63.6 Å². The van der Waals surface area contributed by atoms with Gasteiger partial charge in [-0.05, 0) is 66.0 Å². The molecule has 0 atom stereocenters. The third-order valence-electron chi connectivity index (χ3n) is 5.20. The molecule has 186 valence electrons. The van der Waals surface area contributed by atoms with Crippen LogP contribution in [0.3, 0.4) is 0 Å².